The number of esters is 1. The Balaban J connectivity index is 3.94. The number of ether oxygens (including phenoxy) is 2. The van der Waals surface area contributed by atoms with E-state index in [9.17, 15) is 9.59 Å². The number of methoxy groups -OCH3 is 1. The van der Waals surface area contributed by atoms with Crippen LogP contribution in [-0.4, -0.2) is 37.7 Å². The van der Waals surface area contributed by atoms with E-state index in [1.807, 2.05) is 0 Å². The highest BCUT2D eigenvalue weighted by atomic mass is 16.5. The molecule has 0 aliphatic rings. The highest BCUT2D eigenvalue weighted by Crippen LogP contribution is 2.06. The van der Waals surface area contributed by atoms with Crippen LogP contribution >= 0.6 is 0 Å². The van der Waals surface area contributed by atoms with Crippen LogP contribution in [0, 0.1) is 0 Å². The van der Waals surface area contributed by atoms with Crippen LogP contribution in [0.15, 0.2) is 12.7 Å². The van der Waals surface area contributed by atoms with Gasteiger partial charge in [-0.3, -0.25) is 4.79 Å². The first-order valence-corrected chi connectivity index (χ1v) is 5.54. The predicted molar refractivity (Wildman–Crippen MR) is 64.5 cm³/mol. The second-order valence-electron chi connectivity index (χ2n) is 4.15. The summed E-state index contributed by atoms with van der Waals surface area (Å²) in [4.78, 5) is 22.7. The quantitative estimate of drug-likeness (QED) is 0.393. The van der Waals surface area contributed by atoms with Crippen molar-refractivity contribution in [3.8, 4) is 0 Å². The van der Waals surface area contributed by atoms with Crippen LogP contribution < -0.4 is 5.32 Å². The third-order valence-corrected chi connectivity index (χ3v) is 2.11. The van der Waals surface area contributed by atoms with Crippen LogP contribution in [0.3, 0.4) is 0 Å². The lowest BCUT2D eigenvalue weighted by Gasteiger charge is -2.23. The van der Waals surface area contributed by atoms with Crippen molar-refractivity contribution in [2.45, 2.75) is 32.2 Å². The minimum Gasteiger partial charge on any atom is -0.464 e. The highest BCUT2D eigenvalue weighted by Gasteiger charge is 2.30. The SMILES string of the molecule is C=CC(=O)NC(C)(C)C(=O)OCCCCOC. The van der Waals surface area contributed by atoms with Crippen LogP contribution in [0.1, 0.15) is 26.7 Å². The average molecular weight is 243 g/mol. The van der Waals surface area contributed by atoms with Crippen molar-refractivity contribution in [2.75, 3.05) is 20.3 Å². The molecule has 0 aliphatic heterocycles. The average Bonchev–Trinajstić information content (AvgIpc) is 2.27. The molecule has 0 aliphatic carbocycles. The molecule has 0 fully saturated rings. The van der Waals surface area contributed by atoms with Crippen molar-refractivity contribution in [3.05, 3.63) is 12.7 Å². The summed E-state index contributed by atoms with van der Waals surface area (Å²) in [5.41, 5.74) is -1.04. The molecule has 0 spiro atoms. The third kappa shape index (κ3) is 6.73. The summed E-state index contributed by atoms with van der Waals surface area (Å²) in [6, 6.07) is 0. The molecule has 0 heterocycles. The molecule has 0 saturated heterocycles. The lowest BCUT2D eigenvalue weighted by atomic mass is 10.1. The van der Waals surface area contributed by atoms with Crippen LogP contribution in [-0.2, 0) is 19.1 Å². The summed E-state index contributed by atoms with van der Waals surface area (Å²) in [6.45, 7) is 7.48. The van der Waals surface area contributed by atoms with Gasteiger partial charge in [-0.2, -0.15) is 0 Å². The Labute approximate surface area is 102 Å². The molecule has 0 bridgehead atoms. The maximum absolute atomic E-state index is 11.6. The molecular weight excluding hydrogens is 222 g/mol. The number of amides is 1. The molecule has 0 rings (SSSR count). The third-order valence-electron chi connectivity index (χ3n) is 2.11. The number of unbranched alkanes of at least 4 members (excludes halogenated alkanes) is 1. The Bertz CT molecular complexity index is 274. The zero-order valence-corrected chi connectivity index (χ0v) is 10.7. The van der Waals surface area contributed by atoms with Gasteiger partial charge in [-0.25, -0.2) is 4.79 Å². The number of hydrogen-bond donors (Lipinski definition) is 1. The number of carbonyl (C=O) groups is 2. The van der Waals surface area contributed by atoms with Crippen LogP contribution in [0.2, 0.25) is 0 Å². The fraction of sp³-hybridized carbons (Fsp3) is 0.667. The highest BCUT2D eigenvalue weighted by molar-refractivity contribution is 5.92. The molecule has 5 nitrogen and oxygen atoms in total. The van der Waals surface area contributed by atoms with E-state index in [1.54, 1.807) is 21.0 Å². The topological polar surface area (TPSA) is 64.6 Å². The van der Waals surface area contributed by atoms with Gasteiger partial charge in [-0.05, 0) is 32.8 Å². The lowest BCUT2D eigenvalue weighted by molar-refractivity contribution is -0.152. The predicted octanol–water partition coefficient (Wildman–Crippen LogP) is 1.04. The molecule has 1 amide bonds. The van der Waals surface area contributed by atoms with Gasteiger partial charge in [0.15, 0.2) is 0 Å². The van der Waals surface area contributed by atoms with Crippen molar-refractivity contribution in [2.24, 2.45) is 0 Å². The zero-order chi connectivity index (χ0) is 13.3. The van der Waals surface area contributed by atoms with Crippen molar-refractivity contribution in [1.29, 1.82) is 0 Å². The molecular formula is C12H21NO4. The van der Waals surface area contributed by atoms with E-state index in [2.05, 4.69) is 11.9 Å². The summed E-state index contributed by atoms with van der Waals surface area (Å²) in [5, 5.41) is 2.50. The van der Waals surface area contributed by atoms with Gasteiger partial charge in [0.2, 0.25) is 5.91 Å². The van der Waals surface area contributed by atoms with Crippen LogP contribution in [0.5, 0.6) is 0 Å². The maximum atomic E-state index is 11.6. The smallest absolute Gasteiger partial charge is 0.331 e. The fourth-order valence-electron chi connectivity index (χ4n) is 1.10. The van der Waals surface area contributed by atoms with Crippen molar-refractivity contribution in [1.82, 2.24) is 5.32 Å². The Morgan fingerprint density at radius 1 is 1.29 bits per heavy atom. The molecule has 0 atom stereocenters. The molecule has 0 unspecified atom stereocenters. The monoisotopic (exact) mass is 243 g/mol. The second kappa shape index (κ2) is 7.84. The first-order chi connectivity index (χ1) is 7.94. The first-order valence-electron chi connectivity index (χ1n) is 5.54. The zero-order valence-electron chi connectivity index (χ0n) is 10.7. The van der Waals surface area contributed by atoms with Crippen molar-refractivity contribution < 1.29 is 19.1 Å². The maximum Gasteiger partial charge on any atom is 0.331 e. The molecule has 0 radical (unpaired) electrons. The molecule has 17 heavy (non-hydrogen) atoms. The number of carbonyl (C=O) groups excluding carboxylic acids is 2. The van der Waals surface area contributed by atoms with Gasteiger partial charge in [0, 0.05) is 13.7 Å². The van der Waals surface area contributed by atoms with E-state index in [-0.39, 0.29) is 0 Å². The minimum atomic E-state index is -1.04. The Morgan fingerprint density at radius 2 is 1.88 bits per heavy atom. The molecule has 0 aromatic heterocycles. The lowest BCUT2D eigenvalue weighted by Crippen LogP contribution is -2.50. The summed E-state index contributed by atoms with van der Waals surface area (Å²) < 4.78 is 9.93. The number of rotatable bonds is 8. The molecule has 0 aromatic carbocycles. The van der Waals surface area contributed by atoms with E-state index >= 15 is 0 Å². The molecule has 0 aromatic rings. The summed E-state index contributed by atoms with van der Waals surface area (Å²) >= 11 is 0. The normalized spacial score (nSPS) is 10.8. The Morgan fingerprint density at radius 3 is 2.41 bits per heavy atom. The van der Waals surface area contributed by atoms with E-state index in [4.69, 9.17) is 9.47 Å². The van der Waals surface area contributed by atoms with Gasteiger partial charge in [0.1, 0.15) is 5.54 Å². The minimum absolute atomic E-state index is 0.329. The van der Waals surface area contributed by atoms with Crippen LogP contribution in [0.4, 0.5) is 0 Å². The summed E-state index contributed by atoms with van der Waals surface area (Å²) in [7, 11) is 1.62. The molecule has 98 valence electrons. The van der Waals surface area contributed by atoms with E-state index < -0.39 is 17.4 Å². The van der Waals surface area contributed by atoms with Gasteiger partial charge in [-0.15, -0.1) is 0 Å². The largest absolute Gasteiger partial charge is 0.464 e. The van der Waals surface area contributed by atoms with Gasteiger partial charge >= 0.3 is 5.97 Å². The van der Waals surface area contributed by atoms with Crippen LogP contribution in [0.25, 0.3) is 0 Å². The summed E-state index contributed by atoms with van der Waals surface area (Å²) in [6.07, 6.45) is 2.70. The molecule has 1 N–H and O–H groups in total. The second-order valence-corrected chi connectivity index (χ2v) is 4.15. The van der Waals surface area contributed by atoms with Crippen molar-refractivity contribution in [3.63, 3.8) is 0 Å². The fourth-order valence-corrected chi connectivity index (χ4v) is 1.10. The van der Waals surface area contributed by atoms with Crippen molar-refractivity contribution >= 4 is 11.9 Å². The Hall–Kier alpha value is -1.36. The van der Waals surface area contributed by atoms with Gasteiger partial charge in [-0.1, -0.05) is 6.58 Å². The van der Waals surface area contributed by atoms with Gasteiger partial charge in [0.05, 0.1) is 6.61 Å². The standard InChI is InChI=1S/C12H21NO4/c1-5-10(14)13-12(2,3)11(15)17-9-7-6-8-16-4/h5H,1,6-9H2,2-4H3,(H,13,14). The van der Waals surface area contributed by atoms with Gasteiger partial charge in [0.25, 0.3) is 0 Å². The Kier molecular flexibility index (Phi) is 7.21. The molecule has 5 heteroatoms. The van der Waals surface area contributed by atoms with E-state index in [0.717, 1.165) is 18.9 Å². The first kappa shape index (κ1) is 15.6. The van der Waals surface area contributed by atoms with E-state index in [0.29, 0.717) is 13.2 Å². The van der Waals surface area contributed by atoms with E-state index in [1.165, 1.54) is 0 Å². The summed E-state index contributed by atoms with van der Waals surface area (Å²) in [5.74, 6) is -0.851. The van der Waals surface area contributed by atoms with Gasteiger partial charge < -0.3 is 14.8 Å². The number of nitrogens with one attached hydrogen (secondary N) is 1. The molecule has 0 saturated carbocycles. The number of hydrogen-bond acceptors (Lipinski definition) is 4.